The van der Waals surface area contributed by atoms with Gasteiger partial charge in [0.25, 0.3) is 11.5 Å². The summed E-state index contributed by atoms with van der Waals surface area (Å²) in [5.74, 6) is -3.61. The number of primary amides is 1. The number of nitrogens with two attached hydrogens (primary N) is 1. The molecule has 16 heteroatoms. The lowest BCUT2D eigenvalue weighted by Crippen LogP contribution is -2.53. The summed E-state index contributed by atoms with van der Waals surface area (Å²) in [6, 6.07) is 6.09. The Hall–Kier alpha value is -3.93. The first-order chi connectivity index (χ1) is 18.6. The maximum atomic E-state index is 12.6. The molecule has 0 spiro atoms. The summed E-state index contributed by atoms with van der Waals surface area (Å²) in [5, 5.41) is 43.9. The van der Waals surface area contributed by atoms with Crippen LogP contribution in [0.15, 0.2) is 58.1 Å². The van der Waals surface area contributed by atoms with Gasteiger partial charge < -0.3 is 45.7 Å². The molecule has 1 saturated heterocycles. The highest BCUT2D eigenvalue weighted by Crippen LogP contribution is 2.36. The van der Waals surface area contributed by atoms with Gasteiger partial charge in [-0.2, -0.15) is 0 Å². The first kappa shape index (κ1) is 28.1. The van der Waals surface area contributed by atoms with Gasteiger partial charge in [-0.3, -0.25) is 28.9 Å². The first-order valence-corrected chi connectivity index (χ1v) is 11.7. The molecule has 0 bridgehead atoms. The molecule has 0 unspecified atom stereocenters. The normalized spacial score (nSPS) is 29.2. The summed E-state index contributed by atoms with van der Waals surface area (Å²) in [4.78, 5) is 54.7. The molecule has 4 heterocycles. The Morgan fingerprint density at radius 3 is 2.62 bits per heavy atom. The maximum Gasteiger partial charge on any atom is 0.330 e. The highest BCUT2D eigenvalue weighted by molar-refractivity contribution is 5.91. The zero-order valence-electron chi connectivity index (χ0n) is 20.2. The van der Waals surface area contributed by atoms with E-state index in [2.05, 4.69) is 10.3 Å². The minimum atomic E-state index is -1.81. The van der Waals surface area contributed by atoms with Crippen molar-refractivity contribution in [2.75, 3.05) is 6.61 Å². The lowest BCUT2D eigenvalue weighted by Gasteiger charge is -2.35. The molecule has 16 nitrogen and oxygen atoms in total. The van der Waals surface area contributed by atoms with Crippen molar-refractivity contribution in [1.29, 1.82) is 0 Å². The number of nitrogens with one attached hydrogen (secondary N) is 2. The number of amides is 2. The van der Waals surface area contributed by atoms with E-state index in [1.54, 1.807) is 18.2 Å². The molecule has 2 aliphatic heterocycles. The first-order valence-electron chi connectivity index (χ1n) is 11.7. The van der Waals surface area contributed by atoms with E-state index in [4.69, 9.17) is 19.9 Å². The Morgan fingerprint density at radius 2 is 1.97 bits per heavy atom. The largest absolute Gasteiger partial charge is 0.456 e. The van der Waals surface area contributed by atoms with E-state index < -0.39 is 84.4 Å². The average Bonchev–Trinajstić information content (AvgIpc) is 3.23. The number of nitrogens with zero attached hydrogens (tertiary/aromatic N) is 2. The third-order valence-corrected chi connectivity index (χ3v) is 6.22. The van der Waals surface area contributed by atoms with Gasteiger partial charge >= 0.3 is 5.69 Å². The summed E-state index contributed by atoms with van der Waals surface area (Å²) in [6.07, 6.45) is -8.02. The summed E-state index contributed by atoms with van der Waals surface area (Å²) >= 11 is 0. The van der Waals surface area contributed by atoms with Gasteiger partial charge in [-0.1, -0.05) is 6.07 Å². The van der Waals surface area contributed by atoms with E-state index in [9.17, 15) is 39.6 Å². The van der Waals surface area contributed by atoms with E-state index >= 15 is 0 Å². The van der Waals surface area contributed by atoms with Crippen LogP contribution in [0.25, 0.3) is 0 Å². The van der Waals surface area contributed by atoms with Crippen molar-refractivity contribution in [1.82, 2.24) is 19.9 Å². The number of rotatable bonds is 9. The molecular weight excluding hydrogens is 522 g/mol. The molecule has 2 amide bonds. The Balaban J connectivity index is 1.51. The molecule has 2 aromatic rings. The Morgan fingerprint density at radius 1 is 1.21 bits per heavy atom. The van der Waals surface area contributed by atoms with Crippen molar-refractivity contribution in [3.8, 4) is 0 Å². The van der Waals surface area contributed by atoms with Gasteiger partial charge in [-0.25, -0.2) is 4.79 Å². The van der Waals surface area contributed by atoms with E-state index in [0.717, 1.165) is 22.9 Å². The zero-order valence-corrected chi connectivity index (χ0v) is 20.2. The van der Waals surface area contributed by atoms with Crippen LogP contribution < -0.4 is 22.3 Å². The average molecular weight is 549 g/mol. The highest BCUT2D eigenvalue weighted by Gasteiger charge is 2.51. The van der Waals surface area contributed by atoms with Crippen LogP contribution in [-0.2, 0) is 30.3 Å². The Kier molecular flexibility index (Phi) is 8.54. The van der Waals surface area contributed by atoms with Gasteiger partial charge in [0.1, 0.15) is 24.4 Å². The molecule has 0 radical (unpaired) electrons. The smallest absolute Gasteiger partial charge is 0.330 e. The van der Waals surface area contributed by atoms with Crippen LogP contribution in [0.2, 0.25) is 0 Å². The second-order valence-electron chi connectivity index (χ2n) is 8.81. The van der Waals surface area contributed by atoms with Gasteiger partial charge in [-0.15, -0.1) is 0 Å². The number of ether oxygens (including phenoxy) is 3. The molecule has 210 valence electrons. The fraction of sp³-hybridized carbons (Fsp3) is 0.435. The number of aromatic amines is 1. The number of carbonyl (C=O) groups excluding carboxylic acids is 2. The van der Waals surface area contributed by atoms with E-state index in [-0.39, 0.29) is 6.54 Å². The maximum absolute atomic E-state index is 12.6. The van der Waals surface area contributed by atoms with Crippen LogP contribution in [0.5, 0.6) is 0 Å². The van der Waals surface area contributed by atoms with Gasteiger partial charge in [0.2, 0.25) is 12.2 Å². The summed E-state index contributed by atoms with van der Waals surface area (Å²) in [7, 11) is 0. The predicted molar refractivity (Wildman–Crippen MR) is 127 cm³/mol. The number of carbonyl (C=O) groups is 2. The number of hydrogen-bond donors (Lipinski definition) is 7. The summed E-state index contributed by atoms with van der Waals surface area (Å²) < 4.78 is 17.5. The number of pyridine rings is 1. The predicted octanol–water partition coefficient (Wildman–Crippen LogP) is -4.05. The van der Waals surface area contributed by atoms with Crippen molar-refractivity contribution < 1.29 is 44.2 Å². The topological polar surface area (TPSA) is 249 Å². The fourth-order valence-corrected chi connectivity index (χ4v) is 4.21. The second-order valence-corrected chi connectivity index (χ2v) is 8.81. The molecule has 0 aliphatic carbocycles. The van der Waals surface area contributed by atoms with Gasteiger partial charge in [0, 0.05) is 24.4 Å². The molecule has 0 aromatic carbocycles. The molecule has 2 aromatic heterocycles. The van der Waals surface area contributed by atoms with Crippen molar-refractivity contribution in [3.63, 3.8) is 0 Å². The number of aliphatic hydroxyl groups excluding tert-OH is 4. The standard InChI is InChI=1S/C23H27N5O11/c24-19(34)18(17-11(9-29)15(32)21(38-17)28-6-4-14(31)27-23(28)36)39-22-16(33)12(30)7-13(37-22)20(35)26-8-10-3-1-2-5-25-10/h1-7,11-12,15-18,21-22,29-30,32-33H,8-9H2,(H2,24,34)(H,26,35)(H,27,31,36)/t11-,12-,15+,16-,17-,18+,21+,22+/m0/s1. The monoisotopic (exact) mass is 549 g/mol. The second kappa shape index (κ2) is 11.9. The molecule has 1 fully saturated rings. The minimum absolute atomic E-state index is 0.0198. The molecular formula is C23H27N5O11. The lowest BCUT2D eigenvalue weighted by atomic mass is 9.94. The number of hydrogen-bond acceptors (Lipinski definition) is 12. The van der Waals surface area contributed by atoms with Crippen LogP contribution in [0, 0.1) is 5.92 Å². The van der Waals surface area contributed by atoms with E-state index in [1.807, 2.05) is 4.98 Å². The van der Waals surface area contributed by atoms with Gasteiger partial charge in [-0.05, 0) is 18.2 Å². The molecule has 2 aliphatic rings. The Labute approximate surface area is 219 Å². The Bertz CT molecular complexity index is 1330. The number of aliphatic hydroxyl groups is 4. The summed E-state index contributed by atoms with van der Waals surface area (Å²) in [5.41, 5.74) is 4.40. The molecule has 8 N–H and O–H groups in total. The van der Waals surface area contributed by atoms with Crippen molar-refractivity contribution in [2.24, 2.45) is 11.7 Å². The lowest BCUT2D eigenvalue weighted by molar-refractivity contribution is -0.239. The third kappa shape index (κ3) is 6.06. The van der Waals surface area contributed by atoms with Gasteiger partial charge in [0.05, 0.1) is 18.8 Å². The molecule has 0 saturated carbocycles. The minimum Gasteiger partial charge on any atom is -0.456 e. The molecule has 8 atom stereocenters. The molecule has 4 rings (SSSR count). The summed E-state index contributed by atoms with van der Waals surface area (Å²) in [6.45, 7) is -0.725. The van der Waals surface area contributed by atoms with Crippen molar-refractivity contribution in [2.45, 2.75) is 49.6 Å². The third-order valence-electron chi connectivity index (χ3n) is 6.22. The SMILES string of the molecule is NC(=O)[C@H](O[C@H]1OC(C(=O)NCc2ccccn2)=C[C@H](O)[C@@H]1O)[C@H]1O[C@@H](n2ccc(=O)[nH]c2=O)[C@H](O)[C@@H]1CO. The quantitative estimate of drug-likeness (QED) is 0.158. The molecule has 39 heavy (non-hydrogen) atoms. The van der Waals surface area contributed by atoms with Crippen LogP contribution in [0.3, 0.4) is 0 Å². The number of aromatic nitrogens is 3. The van der Waals surface area contributed by atoms with Crippen LogP contribution in [-0.4, -0.2) is 90.2 Å². The van der Waals surface area contributed by atoms with Crippen molar-refractivity contribution in [3.05, 3.63) is 75.0 Å². The number of H-pyrrole nitrogens is 1. The van der Waals surface area contributed by atoms with Crippen molar-refractivity contribution >= 4 is 11.8 Å². The fourth-order valence-electron chi connectivity index (χ4n) is 4.21. The van der Waals surface area contributed by atoms with Crippen LogP contribution >= 0.6 is 0 Å². The van der Waals surface area contributed by atoms with Crippen LogP contribution in [0.4, 0.5) is 0 Å². The van der Waals surface area contributed by atoms with Crippen LogP contribution in [0.1, 0.15) is 11.9 Å². The highest BCUT2D eigenvalue weighted by atomic mass is 16.7. The van der Waals surface area contributed by atoms with E-state index in [0.29, 0.717) is 5.69 Å². The zero-order chi connectivity index (χ0) is 28.3. The van der Waals surface area contributed by atoms with E-state index in [1.165, 1.54) is 6.20 Å². The van der Waals surface area contributed by atoms with Gasteiger partial charge in [0.15, 0.2) is 18.1 Å².